The number of amides is 1. The predicted molar refractivity (Wildman–Crippen MR) is 133 cm³/mol. The standard InChI is InChI=1S/C26H28ClN5O2/c1-17-7-8-19(11-23(17)27)13-28-24-22(25(33)29-12-18-5-3-2-4-6-18)14-30-26(31-24)32-15-21-10-9-20(32)16-34-21/h2-8,11,14,20-21H,9-10,12-13,15-16H2,1H3,(H,29,33)(H,28,30,31). The number of ether oxygens (including phenoxy) is 1. The summed E-state index contributed by atoms with van der Waals surface area (Å²) in [4.78, 5) is 24.7. The first-order valence-electron chi connectivity index (χ1n) is 11.6. The Balaban J connectivity index is 1.38. The highest BCUT2D eigenvalue weighted by Crippen LogP contribution is 2.30. The molecule has 2 bridgehead atoms. The van der Waals surface area contributed by atoms with Gasteiger partial charge in [-0.1, -0.05) is 54.1 Å². The highest BCUT2D eigenvalue weighted by molar-refractivity contribution is 6.31. The van der Waals surface area contributed by atoms with Crippen molar-refractivity contribution in [2.24, 2.45) is 0 Å². The van der Waals surface area contributed by atoms with Crippen LogP contribution in [0.4, 0.5) is 11.8 Å². The van der Waals surface area contributed by atoms with Crippen LogP contribution in [0.25, 0.3) is 0 Å². The number of piperidine rings is 1. The second-order valence-corrected chi connectivity index (χ2v) is 9.28. The first-order chi connectivity index (χ1) is 16.6. The summed E-state index contributed by atoms with van der Waals surface area (Å²) in [6.07, 6.45) is 3.97. The van der Waals surface area contributed by atoms with E-state index in [0.29, 0.717) is 42.0 Å². The lowest BCUT2D eigenvalue weighted by Crippen LogP contribution is -2.55. The molecular weight excluding hydrogens is 450 g/mol. The van der Waals surface area contributed by atoms with E-state index in [1.807, 2.05) is 55.5 Å². The van der Waals surface area contributed by atoms with Crippen LogP contribution in [0.3, 0.4) is 0 Å². The molecule has 6 rings (SSSR count). The van der Waals surface area contributed by atoms with Crippen molar-refractivity contribution in [2.45, 2.75) is 45.0 Å². The lowest BCUT2D eigenvalue weighted by atomic mass is 9.97. The quantitative estimate of drug-likeness (QED) is 0.526. The molecule has 2 aromatic carbocycles. The Morgan fingerprint density at radius 3 is 2.71 bits per heavy atom. The zero-order valence-electron chi connectivity index (χ0n) is 19.1. The molecule has 0 radical (unpaired) electrons. The highest BCUT2D eigenvalue weighted by atomic mass is 35.5. The molecule has 1 aromatic heterocycles. The van der Waals surface area contributed by atoms with Crippen molar-refractivity contribution in [1.82, 2.24) is 15.3 Å². The van der Waals surface area contributed by atoms with Gasteiger partial charge in [0, 0.05) is 30.9 Å². The summed E-state index contributed by atoms with van der Waals surface area (Å²) < 4.78 is 5.83. The molecule has 0 aliphatic carbocycles. The van der Waals surface area contributed by atoms with Crippen LogP contribution < -0.4 is 15.5 Å². The number of nitrogens with one attached hydrogen (secondary N) is 2. The van der Waals surface area contributed by atoms with Crippen molar-refractivity contribution in [1.29, 1.82) is 0 Å². The van der Waals surface area contributed by atoms with Crippen LogP contribution in [0, 0.1) is 6.92 Å². The van der Waals surface area contributed by atoms with Gasteiger partial charge in [-0.15, -0.1) is 0 Å². The van der Waals surface area contributed by atoms with Crippen LogP contribution >= 0.6 is 11.6 Å². The van der Waals surface area contributed by atoms with Crippen molar-refractivity contribution >= 4 is 29.3 Å². The molecule has 8 heteroatoms. The number of nitrogens with zero attached hydrogens (tertiary/aromatic N) is 3. The molecule has 2 unspecified atom stereocenters. The zero-order valence-corrected chi connectivity index (χ0v) is 19.9. The predicted octanol–water partition coefficient (Wildman–Crippen LogP) is 4.35. The molecule has 4 heterocycles. The van der Waals surface area contributed by atoms with Gasteiger partial charge in [0.05, 0.1) is 18.8 Å². The molecule has 1 amide bonds. The SMILES string of the molecule is Cc1ccc(CNc2nc(N3CC4CCC3CO4)ncc2C(=O)NCc2ccccc2)cc1Cl. The molecule has 2 N–H and O–H groups in total. The van der Waals surface area contributed by atoms with Crippen molar-refractivity contribution in [2.75, 3.05) is 23.4 Å². The summed E-state index contributed by atoms with van der Waals surface area (Å²) in [5, 5.41) is 7.05. The van der Waals surface area contributed by atoms with E-state index in [-0.39, 0.29) is 18.1 Å². The van der Waals surface area contributed by atoms with Crippen molar-refractivity contribution in [3.63, 3.8) is 0 Å². The van der Waals surface area contributed by atoms with Gasteiger partial charge in [0.25, 0.3) is 5.91 Å². The monoisotopic (exact) mass is 477 g/mol. The third-order valence-electron chi connectivity index (χ3n) is 6.46. The van der Waals surface area contributed by atoms with Crippen LogP contribution in [0.5, 0.6) is 0 Å². The number of hydrogen-bond donors (Lipinski definition) is 2. The van der Waals surface area contributed by atoms with Crippen LogP contribution in [-0.4, -0.2) is 41.2 Å². The van der Waals surface area contributed by atoms with Crippen molar-refractivity contribution in [3.05, 3.63) is 82.0 Å². The van der Waals surface area contributed by atoms with Gasteiger partial charge < -0.3 is 20.3 Å². The largest absolute Gasteiger partial charge is 0.374 e. The number of benzene rings is 2. The topological polar surface area (TPSA) is 79.4 Å². The van der Waals surface area contributed by atoms with Gasteiger partial charge in [-0.2, -0.15) is 4.98 Å². The maximum atomic E-state index is 13.1. The summed E-state index contributed by atoms with van der Waals surface area (Å²) in [7, 11) is 0. The summed E-state index contributed by atoms with van der Waals surface area (Å²) >= 11 is 6.30. The Morgan fingerprint density at radius 2 is 2.00 bits per heavy atom. The van der Waals surface area contributed by atoms with E-state index in [0.717, 1.165) is 36.1 Å². The number of aromatic nitrogens is 2. The molecule has 3 aromatic rings. The lowest BCUT2D eigenvalue weighted by Gasteiger charge is -2.45. The third kappa shape index (κ3) is 5.00. The lowest BCUT2D eigenvalue weighted by molar-refractivity contribution is -0.0232. The molecule has 0 spiro atoms. The smallest absolute Gasteiger partial charge is 0.256 e. The van der Waals surface area contributed by atoms with E-state index >= 15 is 0 Å². The van der Waals surface area contributed by atoms with E-state index in [4.69, 9.17) is 21.3 Å². The van der Waals surface area contributed by atoms with E-state index < -0.39 is 0 Å². The second kappa shape index (κ2) is 9.99. The van der Waals surface area contributed by atoms with Crippen LogP contribution in [0.1, 0.15) is 39.9 Å². The molecule has 0 saturated carbocycles. The minimum atomic E-state index is -0.219. The molecule has 7 nitrogen and oxygen atoms in total. The molecule has 176 valence electrons. The number of rotatable bonds is 7. The van der Waals surface area contributed by atoms with E-state index in [1.165, 1.54) is 0 Å². The minimum Gasteiger partial charge on any atom is -0.374 e. The number of carbonyl (C=O) groups is 1. The first-order valence-corrected chi connectivity index (χ1v) is 12.0. The fraction of sp³-hybridized carbons (Fsp3) is 0.346. The molecular formula is C26H28ClN5O2. The summed E-state index contributed by atoms with van der Waals surface area (Å²) in [5.74, 6) is 0.917. The number of halogens is 1. The van der Waals surface area contributed by atoms with Crippen LogP contribution in [0.2, 0.25) is 5.02 Å². The molecule has 3 aliphatic heterocycles. The maximum Gasteiger partial charge on any atom is 0.256 e. The Bertz CT molecular complexity index is 1170. The summed E-state index contributed by atoms with van der Waals surface area (Å²) in [5.41, 5.74) is 3.48. The van der Waals surface area contributed by atoms with Gasteiger partial charge in [0.1, 0.15) is 11.4 Å². The van der Waals surface area contributed by atoms with Gasteiger partial charge in [0.2, 0.25) is 5.95 Å². The van der Waals surface area contributed by atoms with Gasteiger partial charge in [-0.05, 0) is 42.5 Å². The fourth-order valence-corrected chi connectivity index (χ4v) is 4.62. The molecule has 3 fully saturated rings. The molecule has 3 saturated heterocycles. The Morgan fingerprint density at radius 1 is 1.15 bits per heavy atom. The van der Waals surface area contributed by atoms with E-state index in [1.54, 1.807) is 6.20 Å². The maximum absolute atomic E-state index is 13.1. The van der Waals surface area contributed by atoms with Gasteiger partial charge >= 0.3 is 0 Å². The second-order valence-electron chi connectivity index (χ2n) is 8.88. The normalized spacial score (nSPS) is 19.2. The van der Waals surface area contributed by atoms with Crippen molar-refractivity contribution in [3.8, 4) is 0 Å². The third-order valence-corrected chi connectivity index (χ3v) is 6.86. The number of carbonyl (C=O) groups excluding carboxylic acids is 1. The first kappa shape index (κ1) is 22.6. The zero-order chi connectivity index (χ0) is 23.5. The Hall–Kier alpha value is -3.16. The number of anilines is 2. The number of aryl methyl sites for hydroxylation is 1. The minimum absolute atomic E-state index is 0.216. The van der Waals surface area contributed by atoms with Gasteiger partial charge in [0.15, 0.2) is 0 Å². The average Bonchev–Trinajstić information content (AvgIpc) is 2.89. The summed E-state index contributed by atoms with van der Waals surface area (Å²) in [6.45, 7) is 4.36. The fourth-order valence-electron chi connectivity index (χ4n) is 4.41. The Labute approximate surface area is 204 Å². The highest BCUT2D eigenvalue weighted by Gasteiger charge is 2.36. The van der Waals surface area contributed by atoms with Crippen LogP contribution in [0.15, 0.2) is 54.7 Å². The van der Waals surface area contributed by atoms with Crippen LogP contribution in [-0.2, 0) is 17.8 Å². The number of fused-ring (bicyclic) bond motifs is 3. The molecule has 34 heavy (non-hydrogen) atoms. The Kier molecular flexibility index (Phi) is 6.65. The number of hydrogen-bond acceptors (Lipinski definition) is 6. The van der Waals surface area contributed by atoms with Gasteiger partial charge in [-0.3, -0.25) is 4.79 Å². The van der Waals surface area contributed by atoms with E-state index in [9.17, 15) is 4.79 Å². The van der Waals surface area contributed by atoms with Gasteiger partial charge in [-0.25, -0.2) is 4.98 Å². The number of morpholine rings is 1. The van der Waals surface area contributed by atoms with E-state index in [2.05, 4.69) is 20.5 Å². The molecule has 3 aliphatic rings. The molecule has 2 atom stereocenters. The van der Waals surface area contributed by atoms with Crippen molar-refractivity contribution < 1.29 is 9.53 Å². The average molecular weight is 478 g/mol. The summed E-state index contributed by atoms with van der Waals surface area (Å²) in [6, 6.07) is 16.0.